The second kappa shape index (κ2) is 12.6. The third-order valence-corrected chi connectivity index (χ3v) is 4.31. The van der Waals surface area contributed by atoms with Crippen molar-refractivity contribution in [2.75, 3.05) is 13.2 Å². The van der Waals surface area contributed by atoms with Crippen LogP contribution in [0.25, 0.3) is 0 Å². The molecular formula is C19H28N4O8. The summed E-state index contributed by atoms with van der Waals surface area (Å²) < 4.78 is 0. The number of rotatable bonds is 12. The van der Waals surface area contributed by atoms with Gasteiger partial charge in [-0.05, 0) is 12.5 Å². The molecule has 1 aromatic carbocycles. The van der Waals surface area contributed by atoms with Crippen LogP contribution in [0.15, 0.2) is 30.3 Å². The number of amides is 3. The number of nitrogens with one attached hydrogen (secondary N) is 3. The first-order chi connectivity index (χ1) is 14.6. The molecule has 1 rings (SSSR count). The predicted octanol–water partition coefficient (Wildman–Crippen LogP) is -3.54. The number of carboxylic acids is 1. The molecule has 0 fully saturated rings. The summed E-state index contributed by atoms with van der Waals surface area (Å²) in [6.45, 7) is -0.366. The first kappa shape index (κ1) is 26.0. The Morgan fingerprint density at radius 2 is 1.48 bits per heavy atom. The lowest BCUT2D eigenvalue weighted by atomic mass is 10.1. The molecule has 9 N–H and O–H groups in total. The Kier molecular flexibility index (Phi) is 10.6. The Bertz CT molecular complexity index is 759. The van der Waals surface area contributed by atoms with E-state index in [9.17, 15) is 34.5 Å². The normalized spacial score (nSPS) is 15.6. The number of benzene rings is 1. The van der Waals surface area contributed by atoms with Gasteiger partial charge in [-0.2, -0.15) is 0 Å². The van der Waals surface area contributed by atoms with Crippen LogP contribution in [0.2, 0.25) is 0 Å². The number of carbonyl (C=O) groups excluding carboxylic acids is 3. The SMILES string of the molecule is CC(O)C(NC(=O)C(N)CO)C(=O)NC(CO)C(=O)NC(Cc1ccccc1)C(=O)O. The van der Waals surface area contributed by atoms with Crippen LogP contribution in [-0.4, -0.2) is 87.6 Å². The summed E-state index contributed by atoms with van der Waals surface area (Å²) in [5.41, 5.74) is 6.00. The molecule has 0 heterocycles. The largest absolute Gasteiger partial charge is 0.480 e. The van der Waals surface area contributed by atoms with Crippen LogP contribution >= 0.6 is 0 Å². The van der Waals surface area contributed by atoms with Crippen LogP contribution in [0.4, 0.5) is 0 Å². The highest BCUT2D eigenvalue weighted by Crippen LogP contribution is 2.04. The van der Waals surface area contributed by atoms with Crippen molar-refractivity contribution in [1.29, 1.82) is 0 Å². The number of nitrogens with two attached hydrogens (primary N) is 1. The second-order valence-corrected chi connectivity index (χ2v) is 6.85. The number of aliphatic carboxylic acids is 1. The van der Waals surface area contributed by atoms with E-state index < -0.39 is 67.2 Å². The maximum Gasteiger partial charge on any atom is 0.326 e. The van der Waals surface area contributed by atoms with E-state index in [0.717, 1.165) is 0 Å². The van der Waals surface area contributed by atoms with E-state index >= 15 is 0 Å². The maximum absolute atomic E-state index is 12.4. The molecule has 0 saturated carbocycles. The van der Waals surface area contributed by atoms with E-state index in [0.29, 0.717) is 5.56 Å². The minimum atomic E-state index is -1.55. The van der Waals surface area contributed by atoms with Crippen molar-refractivity contribution < 1.29 is 39.6 Å². The van der Waals surface area contributed by atoms with Gasteiger partial charge in [0.25, 0.3) is 0 Å². The van der Waals surface area contributed by atoms with Gasteiger partial charge in [0, 0.05) is 6.42 Å². The van der Waals surface area contributed by atoms with Gasteiger partial charge in [0.2, 0.25) is 17.7 Å². The summed E-state index contributed by atoms with van der Waals surface area (Å²) in [6, 6.07) is 2.79. The quantitative estimate of drug-likeness (QED) is 0.161. The van der Waals surface area contributed by atoms with E-state index in [4.69, 9.17) is 10.8 Å². The third-order valence-electron chi connectivity index (χ3n) is 4.31. The summed E-state index contributed by atoms with van der Waals surface area (Å²) in [7, 11) is 0. The van der Waals surface area contributed by atoms with Crippen molar-refractivity contribution in [3.63, 3.8) is 0 Å². The smallest absolute Gasteiger partial charge is 0.326 e. The fourth-order valence-corrected chi connectivity index (χ4v) is 2.53. The topological polar surface area (TPSA) is 211 Å². The van der Waals surface area contributed by atoms with Crippen molar-refractivity contribution in [2.24, 2.45) is 5.73 Å². The van der Waals surface area contributed by atoms with Crippen molar-refractivity contribution >= 4 is 23.7 Å². The summed E-state index contributed by atoms with van der Waals surface area (Å²) in [5, 5.41) is 44.1. The zero-order valence-corrected chi connectivity index (χ0v) is 16.9. The minimum Gasteiger partial charge on any atom is -0.480 e. The average Bonchev–Trinajstić information content (AvgIpc) is 2.74. The Morgan fingerprint density at radius 3 is 1.97 bits per heavy atom. The van der Waals surface area contributed by atoms with Gasteiger partial charge in [-0.25, -0.2) is 4.79 Å². The molecule has 31 heavy (non-hydrogen) atoms. The fourth-order valence-electron chi connectivity index (χ4n) is 2.53. The number of aliphatic hydroxyl groups excluding tert-OH is 3. The predicted molar refractivity (Wildman–Crippen MR) is 107 cm³/mol. The van der Waals surface area contributed by atoms with E-state index in [-0.39, 0.29) is 6.42 Å². The number of hydrogen-bond acceptors (Lipinski definition) is 8. The van der Waals surface area contributed by atoms with Gasteiger partial charge in [0.15, 0.2) is 0 Å². The van der Waals surface area contributed by atoms with E-state index in [2.05, 4.69) is 16.0 Å². The van der Waals surface area contributed by atoms with E-state index in [1.165, 1.54) is 6.92 Å². The molecule has 0 bridgehead atoms. The Balaban J connectivity index is 2.83. The lowest BCUT2D eigenvalue weighted by Gasteiger charge is -2.25. The molecule has 5 unspecified atom stereocenters. The first-order valence-corrected chi connectivity index (χ1v) is 9.43. The standard InChI is InChI=1S/C19H28N4O8/c1-10(26)15(23-16(27)12(20)8-24)18(29)22-14(9-25)17(28)21-13(19(30)31)7-11-5-3-2-4-6-11/h2-6,10,12-15,24-26H,7-9,20H2,1H3,(H,21,28)(H,22,29)(H,23,27)(H,30,31). The third kappa shape index (κ3) is 8.30. The molecule has 0 radical (unpaired) electrons. The zero-order chi connectivity index (χ0) is 23.6. The summed E-state index contributed by atoms with van der Waals surface area (Å²) in [5.74, 6) is -4.21. The Labute approximate surface area is 178 Å². The van der Waals surface area contributed by atoms with Crippen molar-refractivity contribution in [3.05, 3.63) is 35.9 Å². The zero-order valence-electron chi connectivity index (χ0n) is 16.9. The molecule has 0 aromatic heterocycles. The highest BCUT2D eigenvalue weighted by Gasteiger charge is 2.32. The van der Waals surface area contributed by atoms with Gasteiger partial charge in [0.1, 0.15) is 24.2 Å². The first-order valence-electron chi connectivity index (χ1n) is 9.43. The summed E-state index contributed by atoms with van der Waals surface area (Å²) in [6.07, 6.45) is -1.43. The van der Waals surface area contributed by atoms with E-state index in [1.54, 1.807) is 30.3 Å². The second-order valence-electron chi connectivity index (χ2n) is 6.85. The molecule has 12 nitrogen and oxygen atoms in total. The summed E-state index contributed by atoms with van der Waals surface area (Å²) in [4.78, 5) is 48.2. The molecule has 0 aliphatic rings. The number of carbonyl (C=O) groups is 4. The fraction of sp³-hybridized carbons (Fsp3) is 0.474. The molecule has 172 valence electrons. The van der Waals surface area contributed by atoms with Gasteiger partial charge in [0.05, 0.1) is 19.3 Å². The molecular weight excluding hydrogens is 412 g/mol. The molecule has 12 heteroatoms. The van der Waals surface area contributed by atoms with Gasteiger partial charge >= 0.3 is 5.97 Å². The lowest BCUT2D eigenvalue weighted by molar-refractivity contribution is -0.142. The maximum atomic E-state index is 12.4. The van der Waals surface area contributed by atoms with Crippen LogP contribution in [0.1, 0.15) is 12.5 Å². The highest BCUT2D eigenvalue weighted by molar-refractivity contribution is 5.94. The molecule has 0 aliphatic carbocycles. The molecule has 1 aromatic rings. The van der Waals surface area contributed by atoms with Crippen LogP contribution < -0.4 is 21.7 Å². The Morgan fingerprint density at radius 1 is 0.903 bits per heavy atom. The van der Waals surface area contributed by atoms with Crippen LogP contribution in [0.3, 0.4) is 0 Å². The van der Waals surface area contributed by atoms with Crippen molar-refractivity contribution in [3.8, 4) is 0 Å². The number of carboxylic acid groups (broad SMARTS) is 1. The average molecular weight is 440 g/mol. The molecule has 3 amide bonds. The lowest BCUT2D eigenvalue weighted by Crippen LogP contribution is -2.60. The van der Waals surface area contributed by atoms with Crippen molar-refractivity contribution in [2.45, 2.75) is 43.6 Å². The van der Waals surface area contributed by atoms with Crippen molar-refractivity contribution in [1.82, 2.24) is 16.0 Å². The molecule has 5 atom stereocenters. The Hall–Kier alpha value is -3.06. The number of hydrogen-bond donors (Lipinski definition) is 8. The molecule has 0 aliphatic heterocycles. The van der Waals surface area contributed by atoms with Gasteiger partial charge in [-0.3, -0.25) is 14.4 Å². The van der Waals surface area contributed by atoms with Gasteiger partial charge in [-0.15, -0.1) is 0 Å². The monoisotopic (exact) mass is 440 g/mol. The van der Waals surface area contributed by atoms with Gasteiger partial charge < -0.3 is 42.1 Å². The minimum absolute atomic E-state index is 0.0284. The molecule has 0 spiro atoms. The van der Waals surface area contributed by atoms with Crippen LogP contribution in [-0.2, 0) is 25.6 Å². The highest BCUT2D eigenvalue weighted by atomic mass is 16.4. The molecule has 0 saturated heterocycles. The van der Waals surface area contributed by atoms with Gasteiger partial charge in [-0.1, -0.05) is 30.3 Å². The summed E-state index contributed by atoms with van der Waals surface area (Å²) >= 11 is 0. The number of aliphatic hydroxyl groups is 3. The van der Waals surface area contributed by atoms with E-state index in [1.807, 2.05) is 0 Å². The van der Waals surface area contributed by atoms with Crippen LogP contribution in [0.5, 0.6) is 0 Å². The van der Waals surface area contributed by atoms with Crippen LogP contribution in [0, 0.1) is 0 Å².